The maximum Gasteiger partial charge on any atom is 0.198 e. The summed E-state index contributed by atoms with van der Waals surface area (Å²) in [5.74, 6) is 1.41. The lowest BCUT2D eigenvalue weighted by Gasteiger charge is -2.33. The van der Waals surface area contributed by atoms with Gasteiger partial charge in [-0.3, -0.25) is 4.90 Å². The van der Waals surface area contributed by atoms with E-state index >= 15 is 0 Å². The van der Waals surface area contributed by atoms with Gasteiger partial charge in [0.2, 0.25) is 0 Å². The molecule has 1 aromatic carbocycles. The molecule has 0 spiro atoms. The predicted molar refractivity (Wildman–Crippen MR) is 97.8 cm³/mol. The average molecular weight is 380 g/mol. The molecule has 0 saturated heterocycles. The smallest absolute Gasteiger partial charge is 0.198 e. The van der Waals surface area contributed by atoms with Crippen LogP contribution in [-0.4, -0.2) is 58.8 Å². The Morgan fingerprint density at radius 2 is 1.96 bits per heavy atom. The van der Waals surface area contributed by atoms with Crippen LogP contribution in [0.4, 0.5) is 0 Å². The molecule has 0 bridgehead atoms. The number of hydrogen-bond acceptors (Lipinski definition) is 7. The molecule has 0 fully saturated rings. The first kappa shape index (κ1) is 18.8. The third kappa shape index (κ3) is 3.61. The van der Waals surface area contributed by atoms with Crippen molar-refractivity contribution in [3.05, 3.63) is 34.4 Å². The number of aliphatic hydroxyl groups excluding tert-OH is 1. The molecule has 9 heteroatoms. The average Bonchev–Trinajstić information content (AvgIpc) is 2.98. The molecule has 2 heterocycles. The number of ether oxygens (including phenoxy) is 3. The predicted octanol–water partition coefficient (Wildman–Crippen LogP) is 1.58. The molecular formula is C17H24N4O4S. The molecule has 1 N–H and O–H groups in total. The minimum atomic E-state index is -0.673. The van der Waals surface area contributed by atoms with E-state index in [2.05, 4.69) is 10.00 Å². The number of aromatic nitrogens is 3. The Morgan fingerprint density at radius 3 is 2.65 bits per heavy atom. The SMILES string of the molecule is COCCn1cnn(CN2Cc3c(OC)ccc(OC)c3[C@H](O)C2)c1=S. The van der Waals surface area contributed by atoms with Gasteiger partial charge in [-0.15, -0.1) is 0 Å². The lowest BCUT2D eigenvalue weighted by molar-refractivity contribution is 0.0668. The Hall–Kier alpha value is -1.94. The first-order chi connectivity index (χ1) is 12.6. The van der Waals surface area contributed by atoms with Gasteiger partial charge in [0.05, 0.1) is 33.6 Å². The highest BCUT2D eigenvalue weighted by atomic mass is 32.1. The second-order valence-electron chi connectivity index (χ2n) is 6.13. The van der Waals surface area contributed by atoms with Gasteiger partial charge in [0.25, 0.3) is 0 Å². The fourth-order valence-corrected chi connectivity index (χ4v) is 3.50. The van der Waals surface area contributed by atoms with Crippen molar-refractivity contribution in [3.8, 4) is 11.5 Å². The molecule has 1 aromatic heterocycles. The fourth-order valence-electron chi connectivity index (χ4n) is 3.25. The Morgan fingerprint density at radius 1 is 1.23 bits per heavy atom. The molecule has 1 aliphatic heterocycles. The molecule has 0 aliphatic carbocycles. The van der Waals surface area contributed by atoms with Crippen LogP contribution < -0.4 is 9.47 Å². The van der Waals surface area contributed by atoms with E-state index in [1.54, 1.807) is 32.3 Å². The van der Waals surface area contributed by atoms with Gasteiger partial charge in [-0.2, -0.15) is 5.10 Å². The molecule has 0 unspecified atom stereocenters. The van der Waals surface area contributed by atoms with E-state index in [-0.39, 0.29) is 0 Å². The third-order valence-electron chi connectivity index (χ3n) is 4.53. The van der Waals surface area contributed by atoms with E-state index in [0.29, 0.717) is 43.4 Å². The summed E-state index contributed by atoms with van der Waals surface area (Å²) in [4.78, 5) is 2.08. The van der Waals surface area contributed by atoms with Crippen LogP contribution in [0.5, 0.6) is 11.5 Å². The van der Waals surface area contributed by atoms with Gasteiger partial charge in [-0.25, -0.2) is 4.68 Å². The van der Waals surface area contributed by atoms with Crippen LogP contribution in [0.25, 0.3) is 0 Å². The molecule has 0 radical (unpaired) electrons. The van der Waals surface area contributed by atoms with Crippen LogP contribution >= 0.6 is 12.2 Å². The summed E-state index contributed by atoms with van der Waals surface area (Å²) in [5, 5.41) is 15.0. The highest BCUT2D eigenvalue weighted by Crippen LogP contribution is 2.39. The largest absolute Gasteiger partial charge is 0.496 e. The molecule has 3 rings (SSSR count). The molecule has 1 aliphatic rings. The van der Waals surface area contributed by atoms with Crippen LogP contribution in [0.2, 0.25) is 0 Å². The monoisotopic (exact) mass is 380 g/mol. The first-order valence-corrected chi connectivity index (χ1v) is 8.75. The van der Waals surface area contributed by atoms with Crippen molar-refractivity contribution in [2.45, 2.75) is 25.9 Å². The Labute approximate surface area is 157 Å². The maximum absolute atomic E-state index is 10.7. The summed E-state index contributed by atoms with van der Waals surface area (Å²) < 4.78 is 20.2. The molecule has 26 heavy (non-hydrogen) atoms. The van der Waals surface area contributed by atoms with E-state index < -0.39 is 6.10 Å². The lowest BCUT2D eigenvalue weighted by Crippen LogP contribution is -2.36. The number of fused-ring (bicyclic) bond motifs is 1. The van der Waals surface area contributed by atoms with Crippen molar-refractivity contribution in [2.75, 3.05) is 34.5 Å². The topological polar surface area (TPSA) is 73.9 Å². The van der Waals surface area contributed by atoms with Crippen molar-refractivity contribution in [1.82, 2.24) is 19.2 Å². The summed E-state index contributed by atoms with van der Waals surface area (Å²) >= 11 is 5.48. The number of aliphatic hydroxyl groups is 1. The second kappa shape index (κ2) is 8.17. The summed E-state index contributed by atoms with van der Waals surface area (Å²) in [6.07, 6.45) is 1.03. The van der Waals surface area contributed by atoms with Gasteiger partial charge in [-0.1, -0.05) is 0 Å². The Bertz CT molecular complexity index is 820. The summed E-state index contributed by atoms with van der Waals surface area (Å²) in [5.41, 5.74) is 1.72. The number of hydrogen-bond donors (Lipinski definition) is 1. The number of methoxy groups -OCH3 is 3. The van der Waals surface area contributed by atoms with E-state index in [1.165, 1.54) is 0 Å². The van der Waals surface area contributed by atoms with E-state index in [0.717, 1.165) is 16.9 Å². The molecular weight excluding hydrogens is 356 g/mol. The minimum Gasteiger partial charge on any atom is -0.496 e. The van der Waals surface area contributed by atoms with Gasteiger partial charge in [0.1, 0.15) is 17.8 Å². The zero-order chi connectivity index (χ0) is 18.7. The Kier molecular flexibility index (Phi) is 5.92. The van der Waals surface area contributed by atoms with Crippen LogP contribution in [0.1, 0.15) is 17.2 Å². The van der Waals surface area contributed by atoms with Crippen molar-refractivity contribution in [3.63, 3.8) is 0 Å². The minimum absolute atomic E-state index is 0.462. The second-order valence-corrected chi connectivity index (χ2v) is 6.50. The van der Waals surface area contributed by atoms with Crippen molar-refractivity contribution in [2.24, 2.45) is 0 Å². The molecule has 0 saturated carbocycles. The van der Waals surface area contributed by atoms with Gasteiger partial charge < -0.3 is 23.9 Å². The normalized spacial score (nSPS) is 17.2. The number of nitrogens with zero attached hydrogens (tertiary/aromatic N) is 4. The standard InChI is InChI=1S/C17H24N4O4S/c1-23-7-6-20-10-18-21(17(20)26)11-19-8-12-14(24-2)4-5-15(25-3)16(12)13(22)9-19/h4-5,10,13,22H,6-9,11H2,1-3H3/t13-/m1/s1. The van der Waals surface area contributed by atoms with Crippen molar-refractivity contribution in [1.29, 1.82) is 0 Å². The number of benzene rings is 1. The van der Waals surface area contributed by atoms with Crippen LogP contribution in [-0.2, 0) is 24.5 Å². The molecule has 8 nitrogen and oxygen atoms in total. The summed E-state index contributed by atoms with van der Waals surface area (Å²) in [6.45, 7) is 2.79. The molecule has 142 valence electrons. The molecule has 0 amide bonds. The fraction of sp³-hybridized carbons (Fsp3) is 0.529. The van der Waals surface area contributed by atoms with Crippen molar-refractivity contribution < 1.29 is 19.3 Å². The number of β-amino-alcohol motifs (C(OH)–C–C–N with tert-alkyl or cyclic N) is 1. The summed E-state index contributed by atoms with van der Waals surface area (Å²) in [7, 11) is 4.89. The zero-order valence-electron chi connectivity index (χ0n) is 15.2. The number of rotatable bonds is 7. The van der Waals surface area contributed by atoms with E-state index in [9.17, 15) is 5.11 Å². The van der Waals surface area contributed by atoms with Crippen molar-refractivity contribution >= 4 is 12.2 Å². The molecule has 1 atom stereocenters. The Balaban J connectivity index is 1.83. The molecule has 2 aromatic rings. The first-order valence-electron chi connectivity index (χ1n) is 8.34. The maximum atomic E-state index is 10.7. The van der Waals surface area contributed by atoms with Crippen LogP contribution in [0.3, 0.4) is 0 Å². The third-order valence-corrected chi connectivity index (χ3v) is 4.97. The van der Waals surface area contributed by atoms with Gasteiger partial charge in [0.15, 0.2) is 4.77 Å². The van der Waals surface area contributed by atoms with E-state index in [4.69, 9.17) is 26.4 Å². The highest BCUT2D eigenvalue weighted by Gasteiger charge is 2.30. The summed E-state index contributed by atoms with van der Waals surface area (Å²) in [6, 6.07) is 3.68. The van der Waals surface area contributed by atoms with Gasteiger partial charge in [-0.05, 0) is 24.4 Å². The van der Waals surface area contributed by atoms with Gasteiger partial charge >= 0.3 is 0 Å². The lowest BCUT2D eigenvalue weighted by atomic mass is 9.95. The zero-order valence-corrected chi connectivity index (χ0v) is 16.0. The van der Waals surface area contributed by atoms with E-state index in [1.807, 2.05) is 16.7 Å². The van der Waals surface area contributed by atoms with Crippen LogP contribution in [0, 0.1) is 4.77 Å². The highest BCUT2D eigenvalue weighted by molar-refractivity contribution is 7.71. The van der Waals surface area contributed by atoms with Crippen LogP contribution in [0.15, 0.2) is 18.5 Å². The van der Waals surface area contributed by atoms with Gasteiger partial charge in [0, 0.05) is 37.9 Å². The quantitative estimate of drug-likeness (QED) is 0.731.